The number of unbranched alkanes of at least 4 members (excludes halogenated alkanes) is 1. The van der Waals surface area contributed by atoms with E-state index >= 15 is 0 Å². The van der Waals surface area contributed by atoms with Crippen molar-refractivity contribution in [2.24, 2.45) is 7.05 Å². The first-order valence-corrected chi connectivity index (χ1v) is 4.91. The van der Waals surface area contributed by atoms with Crippen LogP contribution >= 0.6 is 0 Å². The normalized spacial score (nSPS) is 10.6. The van der Waals surface area contributed by atoms with Gasteiger partial charge in [-0.15, -0.1) is 0 Å². The molecule has 1 rings (SSSR count). The van der Waals surface area contributed by atoms with Crippen molar-refractivity contribution in [2.75, 3.05) is 13.2 Å². The van der Waals surface area contributed by atoms with Crippen molar-refractivity contribution in [2.45, 2.75) is 26.3 Å². The fourth-order valence-electron chi connectivity index (χ4n) is 1.28. The van der Waals surface area contributed by atoms with E-state index in [1.165, 1.54) is 6.42 Å². The lowest BCUT2D eigenvalue weighted by molar-refractivity contribution is -0.671. The molecule has 0 saturated heterocycles. The molecule has 0 spiro atoms. The molecular weight excluding hydrogens is 164 g/mol. The maximum atomic E-state index is 5.26. The Kier molecular flexibility index (Phi) is 4.54. The quantitative estimate of drug-likeness (QED) is 0.477. The van der Waals surface area contributed by atoms with Gasteiger partial charge in [-0.25, -0.2) is 9.13 Å². The maximum absolute atomic E-state index is 5.26. The minimum Gasteiger partial charge on any atom is -0.382 e. The highest BCUT2D eigenvalue weighted by atomic mass is 16.5. The first kappa shape index (κ1) is 10.3. The molecule has 0 atom stereocenters. The predicted octanol–water partition coefficient (Wildman–Crippen LogP) is 1.13. The first-order chi connectivity index (χ1) is 6.33. The molecule has 0 radical (unpaired) electrons. The Balaban J connectivity index is 2.06. The molecule has 0 saturated carbocycles. The Bertz CT molecular complexity index is 233. The number of aromatic nitrogens is 2. The van der Waals surface area contributed by atoms with Gasteiger partial charge >= 0.3 is 0 Å². The van der Waals surface area contributed by atoms with E-state index in [1.54, 1.807) is 0 Å². The lowest BCUT2D eigenvalue weighted by Crippen LogP contribution is -2.23. The van der Waals surface area contributed by atoms with Crippen molar-refractivity contribution >= 4 is 0 Å². The Hall–Kier alpha value is -0.830. The van der Waals surface area contributed by atoms with Crippen LogP contribution < -0.4 is 4.57 Å². The van der Waals surface area contributed by atoms with Crippen LogP contribution in [0.3, 0.4) is 0 Å². The average molecular weight is 183 g/mol. The van der Waals surface area contributed by atoms with Gasteiger partial charge < -0.3 is 4.74 Å². The van der Waals surface area contributed by atoms with Crippen molar-refractivity contribution < 1.29 is 9.30 Å². The number of ether oxygens (including phenoxy) is 1. The van der Waals surface area contributed by atoms with Crippen molar-refractivity contribution in [3.8, 4) is 0 Å². The Morgan fingerprint density at radius 2 is 2.23 bits per heavy atom. The van der Waals surface area contributed by atoms with Gasteiger partial charge in [0.05, 0.1) is 13.6 Å². The van der Waals surface area contributed by atoms with E-state index in [-0.39, 0.29) is 0 Å². The topological polar surface area (TPSA) is 18.0 Å². The van der Waals surface area contributed by atoms with Gasteiger partial charge in [-0.1, -0.05) is 0 Å². The van der Waals surface area contributed by atoms with Crippen LogP contribution in [0.5, 0.6) is 0 Å². The van der Waals surface area contributed by atoms with Crippen LogP contribution in [0, 0.1) is 0 Å². The van der Waals surface area contributed by atoms with Crippen LogP contribution in [0.4, 0.5) is 0 Å². The van der Waals surface area contributed by atoms with Crippen LogP contribution in [-0.4, -0.2) is 17.8 Å². The monoisotopic (exact) mass is 183 g/mol. The summed E-state index contributed by atoms with van der Waals surface area (Å²) in [5.74, 6) is 0. The van der Waals surface area contributed by atoms with Crippen molar-refractivity contribution in [1.82, 2.24) is 4.57 Å². The van der Waals surface area contributed by atoms with Crippen LogP contribution in [0.2, 0.25) is 0 Å². The molecule has 1 heterocycles. The van der Waals surface area contributed by atoms with Gasteiger partial charge in [0.1, 0.15) is 12.4 Å². The van der Waals surface area contributed by atoms with Gasteiger partial charge in [-0.3, -0.25) is 0 Å². The first-order valence-electron chi connectivity index (χ1n) is 4.91. The number of nitrogens with zero attached hydrogens (tertiary/aromatic N) is 2. The van der Waals surface area contributed by atoms with Gasteiger partial charge in [-0.05, 0) is 19.8 Å². The third kappa shape index (κ3) is 4.08. The Morgan fingerprint density at radius 1 is 1.38 bits per heavy atom. The molecule has 0 aliphatic rings. The van der Waals surface area contributed by atoms with E-state index in [1.807, 2.05) is 14.0 Å². The molecule has 1 aromatic rings. The largest absolute Gasteiger partial charge is 0.382 e. The maximum Gasteiger partial charge on any atom is 0.243 e. The molecule has 0 fully saturated rings. The second kappa shape index (κ2) is 5.75. The summed E-state index contributed by atoms with van der Waals surface area (Å²) in [4.78, 5) is 0. The summed E-state index contributed by atoms with van der Waals surface area (Å²) in [5.41, 5.74) is 0. The number of hydrogen-bond donors (Lipinski definition) is 0. The van der Waals surface area contributed by atoms with Crippen molar-refractivity contribution in [3.05, 3.63) is 18.7 Å². The van der Waals surface area contributed by atoms with Crippen LogP contribution in [0.25, 0.3) is 0 Å². The summed E-state index contributed by atoms with van der Waals surface area (Å²) < 4.78 is 9.52. The highest BCUT2D eigenvalue weighted by Gasteiger charge is 1.98. The molecule has 0 aliphatic carbocycles. The fraction of sp³-hybridized carbons (Fsp3) is 0.700. The SMILES string of the molecule is CCOCCCCn1cc[n+](C)c1. The molecule has 1 aromatic heterocycles. The number of aryl methyl sites for hydroxylation is 2. The molecule has 0 amide bonds. The Morgan fingerprint density at radius 3 is 2.85 bits per heavy atom. The van der Waals surface area contributed by atoms with Gasteiger partial charge in [0.15, 0.2) is 0 Å². The smallest absolute Gasteiger partial charge is 0.243 e. The summed E-state index contributed by atoms with van der Waals surface area (Å²) in [5, 5.41) is 0. The molecule has 0 unspecified atom stereocenters. The summed E-state index contributed by atoms with van der Waals surface area (Å²) >= 11 is 0. The van der Waals surface area contributed by atoms with E-state index in [0.717, 1.165) is 26.2 Å². The Labute approximate surface area is 79.9 Å². The number of hydrogen-bond acceptors (Lipinski definition) is 1. The minimum absolute atomic E-state index is 0.832. The second-order valence-electron chi connectivity index (χ2n) is 3.22. The van der Waals surface area contributed by atoms with Crippen LogP contribution in [0.1, 0.15) is 19.8 Å². The van der Waals surface area contributed by atoms with E-state index in [9.17, 15) is 0 Å². The van der Waals surface area contributed by atoms with E-state index in [0.29, 0.717) is 0 Å². The minimum atomic E-state index is 0.832. The molecular formula is C10H19N2O+. The molecule has 3 heteroatoms. The summed E-state index contributed by atoms with van der Waals surface area (Å²) in [7, 11) is 2.04. The zero-order valence-corrected chi connectivity index (χ0v) is 8.57. The van der Waals surface area contributed by atoms with Gasteiger partial charge in [-0.2, -0.15) is 0 Å². The van der Waals surface area contributed by atoms with E-state index in [4.69, 9.17) is 4.74 Å². The highest BCUT2D eigenvalue weighted by molar-refractivity contribution is 4.65. The molecule has 0 bridgehead atoms. The van der Waals surface area contributed by atoms with Crippen molar-refractivity contribution in [1.29, 1.82) is 0 Å². The average Bonchev–Trinajstić information content (AvgIpc) is 2.51. The zero-order chi connectivity index (χ0) is 9.52. The lowest BCUT2D eigenvalue weighted by atomic mass is 10.3. The summed E-state index contributed by atoms with van der Waals surface area (Å²) in [6.07, 6.45) is 8.59. The predicted molar refractivity (Wildman–Crippen MR) is 51.3 cm³/mol. The number of rotatable bonds is 6. The second-order valence-corrected chi connectivity index (χ2v) is 3.22. The van der Waals surface area contributed by atoms with E-state index in [2.05, 4.69) is 27.9 Å². The number of imidazole rings is 1. The molecule has 0 N–H and O–H groups in total. The van der Waals surface area contributed by atoms with Gasteiger partial charge in [0.2, 0.25) is 6.33 Å². The van der Waals surface area contributed by atoms with Crippen molar-refractivity contribution in [3.63, 3.8) is 0 Å². The van der Waals surface area contributed by atoms with Gasteiger partial charge in [0, 0.05) is 13.2 Å². The highest BCUT2D eigenvalue weighted by Crippen LogP contribution is 1.94. The standard InChI is InChI=1S/C10H19N2O/c1-3-13-9-5-4-6-12-8-7-11(2)10-12/h7-8,10H,3-6,9H2,1-2H3/q+1. The third-order valence-electron chi connectivity index (χ3n) is 1.98. The molecule has 0 aromatic carbocycles. The third-order valence-corrected chi connectivity index (χ3v) is 1.98. The summed E-state index contributed by atoms with van der Waals surface area (Å²) in [6, 6.07) is 0. The summed E-state index contributed by atoms with van der Waals surface area (Å²) in [6.45, 7) is 4.85. The van der Waals surface area contributed by atoms with Crippen LogP contribution in [-0.2, 0) is 18.3 Å². The fourth-order valence-corrected chi connectivity index (χ4v) is 1.28. The molecule has 0 aliphatic heterocycles. The molecule has 74 valence electrons. The lowest BCUT2D eigenvalue weighted by Gasteiger charge is -1.98. The van der Waals surface area contributed by atoms with Gasteiger partial charge in [0.25, 0.3) is 0 Å². The molecule has 13 heavy (non-hydrogen) atoms. The molecule has 3 nitrogen and oxygen atoms in total. The zero-order valence-electron chi connectivity index (χ0n) is 8.57. The van der Waals surface area contributed by atoms with E-state index < -0.39 is 0 Å². The van der Waals surface area contributed by atoms with Crippen LogP contribution in [0.15, 0.2) is 18.7 Å².